The second kappa shape index (κ2) is 5.23. The minimum Gasteiger partial charge on any atom is -0.496 e. The van der Waals surface area contributed by atoms with Crippen LogP contribution in [-0.2, 0) is 13.5 Å². The van der Waals surface area contributed by atoms with Crippen molar-refractivity contribution < 1.29 is 4.74 Å². The Hall–Kier alpha value is -1.81. The van der Waals surface area contributed by atoms with Crippen LogP contribution in [0.15, 0.2) is 24.4 Å². The molecule has 2 rings (SSSR count). The largest absolute Gasteiger partial charge is 0.496 e. The number of nitrogens with zero attached hydrogens (tertiary/aromatic N) is 2. The van der Waals surface area contributed by atoms with Crippen molar-refractivity contribution in [1.82, 2.24) is 9.78 Å². The normalized spacial score (nSPS) is 10.7. The summed E-state index contributed by atoms with van der Waals surface area (Å²) in [7, 11) is 3.63. The second-order valence-electron chi connectivity index (χ2n) is 4.37. The highest BCUT2D eigenvalue weighted by molar-refractivity contribution is 5.72. The number of aromatic nitrogens is 2. The molecule has 0 spiro atoms. The predicted molar refractivity (Wildman–Crippen MR) is 72.7 cm³/mol. The van der Waals surface area contributed by atoms with E-state index in [1.165, 1.54) is 5.56 Å². The first-order valence-electron chi connectivity index (χ1n) is 6.03. The highest BCUT2D eigenvalue weighted by atomic mass is 16.5. The molecule has 0 unspecified atom stereocenters. The number of aryl methyl sites for hydroxylation is 2. The van der Waals surface area contributed by atoms with E-state index in [0.29, 0.717) is 6.54 Å². The first-order chi connectivity index (χ1) is 8.67. The van der Waals surface area contributed by atoms with E-state index in [-0.39, 0.29) is 0 Å². The molecule has 0 saturated heterocycles. The van der Waals surface area contributed by atoms with E-state index in [9.17, 15) is 0 Å². The van der Waals surface area contributed by atoms with Gasteiger partial charge in [0.2, 0.25) is 0 Å². The summed E-state index contributed by atoms with van der Waals surface area (Å²) in [6.07, 6.45) is 2.69. The number of ether oxygens (including phenoxy) is 1. The van der Waals surface area contributed by atoms with Crippen LogP contribution >= 0.6 is 0 Å². The van der Waals surface area contributed by atoms with Crippen molar-refractivity contribution in [2.45, 2.75) is 13.3 Å². The molecule has 1 heterocycles. The van der Waals surface area contributed by atoms with Crippen molar-refractivity contribution in [3.63, 3.8) is 0 Å². The van der Waals surface area contributed by atoms with Crippen LogP contribution in [-0.4, -0.2) is 23.4 Å². The fourth-order valence-electron chi connectivity index (χ4n) is 2.15. The van der Waals surface area contributed by atoms with Gasteiger partial charge in [0.1, 0.15) is 5.75 Å². The molecule has 0 aliphatic rings. The Kier molecular flexibility index (Phi) is 3.67. The van der Waals surface area contributed by atoms with Crippen molar-refractivity contribution in [2.75, 3.05) is 13.7 Å². The first-order valence-corrected chi connectivity index (χ1v) is 6.03. The maximum Gasteiger partial charge on any atom is 0.126 e. The Morgan fingerprint density at radius 3 is 2.78 bits per heavy atom. The maximum absolute atomic E-state index is 5.66. The Bertz CT molecular complexity index is 546. The number of hydrogen-bond donors (Lipinski definition) is 1. The van der Waals surface area contributed by atoms with Gasteiger partial charge >= 0.3 is 0 Å². The number of hydrogen-bond acceptors (Lipinski definition) is 3. The summed E-state index contributed by atoms with van der Waals surface area (Å²) in [4.78, 5) is 0. The van der Waals surface area contributed by atoms with E-state index in [0.717, 1.165) is 29.0 Å². The van der Waals surface area contributed by atoms with Crippen molar-refractivity contribution in [2.24, 2.45) is 12.8 Å². The third-order valence-electron chi connectivity index (χ3n) is 3.09. The number of benzene rings is 1. The highest BCUT2D eigenvalue weighted by Crippen LogP contribution is 2.33. The van der Waals surface area contributed by atoms with Crippen LogP contribution in [0.5, 0.6) is 5.75 Å². The second-order valence-corrected chi connectivity index (χ2v) is 4.37. The van der Waals surface area contributed by atoms with Crippen molar-refractivity contribution in [3.05, 3.63) is 35.7 Å². The Morgan fingerprint density at radius 1 is 1.33 bits per heavy atom. The summed E-state index contributed by atoms with van der Waals surface area (Å²) in [6.45, 7) is 2.68. The van der Waals surface area contributed by atoms with Crippen LogP contribution in [0.2, 0.25) is 0 Å². The maximum atomic E-state index is 5.66. The van der Waals surface area contributed by atoms with Crippen molar-refractivity contribution in [1.29, 1.82) is 0 Å². The smallest absolute Gasteiger partial charge is 0.126 e. The molecule has 18 heavy (non-hydrogen) atoms. The van der Waals surface area contributed by atoms with E-state index < -0.39 is 0 Å². The number of rotatable bonds is 4. The molecule has 4 nitrogen and oxygen atoms in total. The van der Waals surface area contributed by atoms with E-state index >= 15 is 0 Å². The van der Waals surface area contributed by atoms with Crippen molar-refractivity contribution in [3.8, 4) is 16.9 Å². The van der Waals surface area contributed by atoms with Crippen LogP contribution in [0, 0.1) is 6.92 Å². The molecule has 96 valence electrons. The van der Waals surface area contributed by atoms with Gasteiger partial charge in [-0.15, -0.1) is 0 Å². The molecule has 0 bridgehead atoms. The molecule has 4 heteroatoms. The fraction of sp³-hybridized carbons (Fsp3) is 0.357. The molecule has 0 fully saturated rings. The average Bonchev–Trinajstić information content (AvgIpc) is 2.72. The summed E-state index contributed by atoms with van der Waals surface area (Å²) in [5, 5.41) is 4.32. The molecule has 0 amide bonds. The molecular formula is C14H19N3O. The standard InChI is InChI=1S/C14H19N3O/c1-10-4-5-14(18-3)11(8-10)12-9-16-17(2)13(12)6-7-15/h4-5,8-9H,6-7,15H2,1-3H3. The summed E-state index contributed by atoms with van der Waals surface area (Å²) < 4.78 is 7.31. The fourth-order valence-corrected chi connectivity index (χ4v) is 2.15. The predicted octanol–water partition coefficient (Wildman–Crippen LogP) is 1.91. The van der Waals surface area contributed by atoms with Gasteiger partial charge < -0.3 is 10.5 Å². The molecular weight excluding hydrogens is 226 g/mol. The van der Waals surface area contributed by atoms with Crippen LogP contribution < -0.4 is 10.5 Å². The molecule has 2 aromatic rings. The van der Waals surface area contributed by atoms with Crippen LogP contribution in [0.4, 0.5) is 0 Å². The molecule has 2 N–H and O–H groups in total. The van der Waals surface area contributed by atoms with Gasteiger partial charge in [0, 0.05) is 30.3 Å². The Balaban J connectivity index is 2.57. The Morgan fingerprint density at radius 2 is 2.11 bits per heavy atom. The van der Waals surface area contributed by atoms with Gasteiger partial charge in [0.05, 0.1) is 13.3 Å². The lowest BCUT2D eigenvalue weighted by Crippen LogP contribution is -2.08. The number of nitrogens with two attached hydrogens (primary N) is 1. The lowest BCUT2D eigenvalue weighted by atomic mass is 10.0. The average molecular weight is 245 g/mol. The van der Waals surface area contributed by atoms with E-state index in [2.05, 4.69) is 18.1 Å². The summed E-state index contributed by atoms with van der Waals surface area (Å²) in [5.74, 6) is 0.867. The monoisotopic (exact) mass is 245 g/mol. The van der Waals surface area contributed by atoms with Gasteiger partial charge in [0.15, 0.2) is 0 Å². The molecule has 0 radical (unpaired) electrons. The lowest BCUT2D eigenvalue weighted by Gasteiger charge is -2.10. The van der Waals surface area contributed by atoms with Crippen LogP contribution in [0.25, 0.3) is 11.1 Å². The van der Waals surface area contributed by atoms with Crippen LogP contribution in [0.1, 0.15) is 11.3 Å². The molecule has 0 aliphatic carbocycles. The van der Waals surface area contributed by atoms with Gasteiger partial charge in [0.25, 0.3) is 0 Å². The van der Waals surface area contributed by atoms with Gasteiger partial charge in [-0.05, 0) is 25.6 Å². The topological polar surface area (TPSA) is 53.1 Å². The minimum absolute atomic E-state index is 0.612. The third kappa shape index (κ3) is 2.24. The summed E-state index contributed by atoms with van der Waals surface area (Å²) in [6, 6.07) is 6.15. The lowest BCUT2D eigenvalue weighted by molar-refractivity contribution is 0.416. The first kappa shape index (κ1) is 12.6. The molecule has 1 aromatic carbocycles. The van der Waals surface area contributed by atoms with Crippen LogP contribution in [0.3, 0.4) is 0 Å². The Labute approximate surface area is 107 Å². The SMILES string of the molecule is COc1ccc(C)cc1-c1cnn(C)c1CCN. The molecule has 1 aromatic heterocycles. The van der Waals surface area contributed by atoms with E-state index in [1.807, 2.05) is 30.1 Å². The highest BCUT2D eigenvalue weighted by Gasteiger charge is 2.14. The van der Waals surface area contributed by atoms with Gasteiger partial charge in [-0.3, -0.25) is 4.68 Å². The van der Waals surface area contributed by atoms with E-state index in [1.54, 1.807) is 7.11 Å². The van der Waals surface area contributed by atoms with Crippen molar-refractivity contribution >= 4 is 0 Å². The molecule has 0 aliphatic heterocycles. The quantitative estimate of drug-likeness (QED) is 0.895. The third-order valence-corrected chi connectivity index (χ3v) is 3.09. The zero-order valence-corrected chi connectivity index (χ0v) is 11.1. The van der Waals surface area contributed by atoms with Gasteiger partial charge in [-0.25, -0.2) is 0 Å². The summed E-state index contributed by atoms with van der Waals surface area (Å²) >= 11 is 0. The van der Waals surface area contributed by atoms with Gasteiger partial charge in [-0.2, -0.15) is 5.10 Å². The summed E-state index contributed by atoms with van der Waals surface area (Å²) in [5.41, 5.74) is 10.2. The number of methoxy groups -OCH3 is 1. The molecule has 0 atom stereocenters. The zero-order chi connectivity index (χ0) is 13.1. The zero-order valence-electron chi connectivity index (χ0n) is 11.1. The van der Waals surface area contributed by atoms with Gasteiger partial charge in [-0.1, -0.05) is 11.6 Å². The minimum atomic E-state index is 0.612. The van der Waals surface area contributed by atoms with E-state index in [4.69, 9.17) is 10.5 Å². The molecule has 0 saturated carbocycles.